The number of hydrogen-bond acceptors (Lipinski definition) is 6. The monoisotopic (exact) mass is 468 g/mol. The molecule has 13 heteroatoms. The molecule has 1 atom stereocenters. The summed E-state index contributed by atoms with van der Waals surface area (Å²) in [6, 6.07) is 2.72. The Kier molecular flexibility index (Phi) is 5.72. The van der Waals surface area contributed by atoms with Crippen molar-refractivity contribution in [1.82, 2.24) is 29.9 Å². The van der Waals surface area contributed by atoms with Crippen LogP contribution in [0.1, 0.15) is 27.9 Å². The quantitative estimate of drug-likeness (QED) is 0.534. The molecule has 8 nitrogen and oxygen atoms in total. The lowest BCUT2D eigenvalue weighted by atomic mass is 10.1. The van der Waals surface area contributed by atoms with Crippen molar-refractivity contribution in [2.24, 2.45) is 0 Å². The molecule has 1 fully saturated rings. The van der Waals surface area contributed by atoms with E-state index in [1.807, 2.05) is 0 Å². The molecule has 0 spiro atoms. The molecule has 0 N–H and O–H groups in total. The first-order chi connectivity index (χ1) is 15.6. The smallest absolute Gasteiger partial charge is 0.419 e. The minimum absolute atomic E-state index is 0.125. The molecule has 1 amide bonds. The summed E-state index contributed by atoms with van der Waals surface area (Å²) in [6.07, 6.45) is -1.42. The van der Waals surface area contributed by atoms with Gasteiger partial charge >= 0.3 is 12.2 Å². The average molecular weight is 468 g/mol. The van der Waals surface area contributed by atoms with Crippen molar-refractivity contribution < 1.29 is 31.5 Å². The highest BCUT2D eigenvalue weighted by atomic mass is 19.4. The molecule has 3 heterocycles. The first-order valence-electron chi connectivity index (χ1n) is 9.74. The molecule has 0 aliphatic carbocycles. The van der Waals surface area contributed by atoms with Crippen LogP contribution in [0, 0.1) is 6.92 Å². The Morgan fingerprint density at radius 1 is 1.18 bits per heavy atom. The van der Waals surface area contributed by atoms with E-state index in [1.165, 1.54) is 17.2 Å². The highest BCUT2D eigenvalue weighted by Crippen LogP contribution is 2.36. The fraction of sp³-hybridized carbons (Fsp3) is 0.350. The van der Waals surface area contributed by atoms with Crippen LogP contribution in [0.25, 0.3) is 5.69 Å². The Morgan fingerprint density at radius 3 is 2.48 bits per heavy atom. The summed E-state index contributed by atoms with van der Waals surface area (Å²) in [6.45, 7) is 0.803. The number of benzene rings is 1. The number of ether oxygens (including phenoxy) is 1. The van der Waals surface area contributed by atoms with Gasteiger partial charge in [-0.1, -0.05) is 11.6 Å². The van der Waals surface area contributed by atoms with E-state index >= 15 is 0 Å². The molecular weight excluding hydrogens is 451 g/mol. The zero-order valence-electron chi connectivity index (χ0n) is 17.1. The predicted molar refractivity (Wildman–Crippen MR) is 103 cm³/mol. The number of carbonyl (C=O) groups is 1. The first-order valence-corrected chi connectivity index (χ1v) is 9.74. The Morgan fingerprint density at radius 2 is 1.85 bits per heavy atom. The van der Waals surface area contributed by atoms with Gasteiger partial charge in [-0.2, -0.15) is 28.2 Å². The van der Waals surface area contributed by atoms with Gasteiger partial charge in [0.25, 0.3) is 11.8 Å². The zero-order chi connectivity index (χ0) is 23.8. The fourth-order valence-electron chi connectivity index (χ4n) is 3.46. The number of aryl methyl sites for hydroxylation is 1. The molecule has 1 aliphatic heterocycles. The molecule has 1 aromatic carbocycles. The van der Waals surface area contributed by atoms with Gasteiger partial charge in [0.05, 0.1) is 29.2 Å². The Bertz CT molecular complexity index is 1130. The second kappa shape index (κ2) is 8.37. The summed E-state index contributed by atoms with van der Waals surface area (Å²) in [5, 5.41) is 8.00. The number of nitrogens with zero attached hydrogens (tertiary/aromatic N) is 6. The Labute approximate surface area is 184 Å². The normalized spacial score (nSPS) is 17.9. The fourth-order valence-corrected chi connectivity index (χ4v) is 3.46. The van der Waals surface area contributed by atoms with Gasteiger partial charge in [0.1, 0.15) is 12.6 Å². The van der Waals surface area contributed by atoms with E-state index < -0.39 is 48.6 Å². The third-order valence-electron chi connectivity index (χ3n) is 5.15. The number of hydrogen-bond donors (Lipinski definition) is 0. The van der Waals surface area contributed by atoms with Gasteiger partial charge in [-0.3, -0.25) is 4.79 Å². The maximum Gasteiger partial charge on any atom is 0.419 e. The van der Waals surface area contributed by atoms with Crippen LogP contribution in [0.2, 0.25) is 0 Å². The van der Waals surface area contributed by atoms with E-state index in [2.05, 4.69) is 20.2 Å². The van der Waals surface area contributed by atoms with Crippen LogP contribution < -0.4 is 4.74 Å². The summed E-state index contributed by atoms with van der Waals surface area (Å²) >= 11 is 0. The van der Waals surface area contributed by atoms with Crippen LogP contribution in [-0.4, -0.2) is 60.9 Å². The maximum absolute atomic E-state index is 14.6. The molecule has 174 valence electrons. The third-order valence-corrected chi connectivity index (χ3v) is 5.15. The highest BCUT2D eigenvalue weighted by Gasteiger charge is 2.51. The van der Waals surface area contributed by atoms with E-state index in [-0.39, 0.29) is 12.1 Å². The molecular formula is C20H17F5N6O2. The Balaban J connectivity index is 1.57. The standard InChI is InChI=1S/C20H17F5N6O2/c1-12-2-3-15(31-28-5-6-29-31)14(8-12)17(32)30-7-4-19(21,22)16(30)11-33-18-26-9-13(10-27-18)20(23,24)25/h2-3,5-6,8-10,16H,4,7,11H2,1H3/t16-/m1/s1. The second-order valence-electron chi connectivity index (χ2n) is 7.43. The lowest BCUT2D eigenvalue weighted by Crippen LogP contribution is -2.46. The molecule has 1 aliphatic rings. The molecule has 33 heavy (non-hydrogen) atoms. The van der Waals surface area contributed by atoms with Crippen molar-refractivity contribution in [3.63, 3.8) is 0 Å². The number of alkyl halides is 5. The number of aromatic nitrogens is 5. The van der Waals surface area contributed by atoms with Gasteiger partial charge in [-0.25, -0.2) is 18.7 Å². The van der Waals surface area contributed by atoms with Gasteiger partial charge in [-0.15, -0.1) is 0 Å². The van der Waals surface area contributed by atoms with Gasteiger partial charge in [-0.05, 0) is 19.1 Å². The first kappa shape index (κ1) is 22.6. The van der Waals surface area contributed by atoms with Crippen LogP contribution >= 0.6 is 0 Å². The molecule has 0 radical (unpaired) electrons. The number of likely N-dealkylation sites (tertiary alicyclic amines) is 1. The number of rotatable bonds is 5. The highest BCUT2D eigenvalue weighted by molar-refractivity contribution is 5.98. The van der Waals surface area contributed by atoms with E-state index in [4.69, 9.17) is 4.74 Å². The molecule has 0 bridgehead atoms. The lowest BCUT2D eigenvalue weighted by Gasteiger charge is -2.28. The maximum atomic E-state index is 14.6. The van der Waals surface area contributed by atoms with Crippen molar-refractivity contribution in [2.75, 3.05) is 13.2 Å². The van der Waals surface area contributed by atoms with Gasteiger partial charge in [0.15, 0.2) is 0 Å². The van der Waals surface area contributed by atoms with E-state index in [1.54, 1.807) is 25.1 Å². The summed E-state index contributed by atoms with van der Waals surface area (Å²) in [4.78, 5) is 22.3. The SMILES string of the molecule is Cc1ccc(-n2nccn2)c(C(=O)N2CCC(F)(F)[C@H]2COc2ncc(C(F)(F)F)cn2)c1. The van der Waals surface area contributed by atoms with Crippen LogP contribution in [0.15, 0.2) is 43.0 Å². The molecule has 2 aromatic heterocycles. The van der Waals surface area contributed by atoms with Gasteiger partial charge in [0, 0.05) is 25.4 Å². The molecule has 1 saturated heterocycles. The molecule has 4 rings (SSSR count). The molecule has 0 unspecified atom stereocenters. The summed E-state index contributed by atoms with van der Waals surface area (Å²) in [5.74, 6) is -3.96. The van der Waals surface area contributed by atoms with Crippen LogP contribution in [0.5, 0.6) is 6.01 Å². The van der Waals surface area contributed by atoms with Gasteiger partial charge in [0.2, 0.25) is 0 Å². The third kappa shape index (κ3) is 4.61. The van der Waals surface area contributed by atoms with E-state index in [9.17, 15) is 26.7 Å². The minimum atomic E-state index is -4.64. The Hall–Kier alpha value is -3.64. The van der Waals surface area contributed by atoms with Gasteiger partial charge < -0.3 is 9.64 Å². The van der Waals surface area contributed by atoms with Crippen LogP contribution in [0.3, 0.4) is 0 Å². The topological polar surface area (TPSA) is 86.0 Å². The van der Waals surface area contributed by atoms with E-state index in [0.717, 1.165) is 10.5 Å². The predicted octanol–water partition coefficient (Wildman–Crippen LogP) is 3.31. The zero-order valence-corrected chi connectivity index (χ0v) is 17.1. The number of halogens is 5. The van der Waals surface area contributed by atoms with Crippen molar-refractivity contribution in [3.8, 4) is 11.7 Å². The molecule has 0 saturated carbocycles. The van der Waals surface area contributed by atoms with Crippen molar-refractivity contribution in [3.05, 3.63) is 59.7 Å². The largest absolute Gasteiger partial charge is 0.461 e. The average Bonchev–Trinajstić information content (AvgIpc) is 3.39. The van der Waals surface area contributed by atoms with Crippen molar-refractivity contribution in [2.45, 2.75) is 31.5 Å². The van der Waals surface area contributed by atoms with Crippen LogP contribution in [-0.2, 0) is 6.18 Å². The summed E-state index contributed by atoms with van der Waals surface area (Å²) < 4.78 is 72.3. The summed E-state index contributed by atoms with van der Waals surface area (Å²) in [7, 11) is 0. The van der Waals surface area contributed by atoms with E-state index in [0.29, 0.717) is 18.1 Å². The van der Waals surface area contributed by atoms with Crippen molar-refractivity contribution in [1.29, 1.82) is 0 Å². The number of carbonyl (C=O) groups excluding carboxylic acids is 1. The summed E-state index contributed by atoms with van der Waals surface area (Å²) in [5.41, 5.74) is 0.0689. The van der Waals surface area contributed by atoms with Crippen molar-refractivity contribution >= 4 is 5.91 Å². The second-order valence-corrected chi connectivity index (χ2v) is 7.43. The minimum Gasteiger partial charge on any atom is -0.461 e. The van der Waals surface area contributed by atoms with Crippen LogP contribution in [0.4, 0.5) is 22.0 Å². The number of amides is 1. The lowest BCUT2D eigenvalue weighted by molar-refractivity contribution is -0.138. The molecule has 3 aromatic rings.